The SMILES string of the molecule is CC(=O)Nc1ccc(NC(=O)Cc2csc(Nc3ncccn3)n2)cc1. The molecule has 3 aromatic rings. The molecule has 3 rings (SSSR count). The highest BCUT2D eigenvalue weighted by Gasteiger charge is 2.09. The highest BCUT2D eigenvalue weighted by atomic mass is 32.1. The van der Waals surface area contributed by atoms with Crippen molar-refractivity contribution in [1.29, 1.82) is 0 Å². The summed E-state index contributed by atoms with van der Waals surface area (Å²) in [6, 6.07) is 8.63. The van der Waals surface area contributed by atoms with Crippen LogP contribution >= 0.6 is 11.3 Å². The molecular weight excluding hydrogens is 352 g/mol. The van der Waals surface area contributed by atoms with Gasteiger partial charge in [-0.1, -0.05) is 0 Å². The molecule has 9 heteroatoms. The fourth-order valence-corrected chi connectivity index (χ4v) is 2.82. The lowest BCUT2D eigenvalue weighted by Gasteiger charge is -2.06. The van der Waals surface area contributed by atoms with E-state index in [1.165, 1.54) is 18.3 Å². The van der Waals surface area contributed by atoms with E-state index in [1.807, 2.05) is 5.38 Å². The summed E-state index contributed by atoms with van der Waals surface area (Å²) in [6.07, 6.45) is 3.42. The maximum absolute atomic E-state index is 12.2. The maximum atomic E-state index is 12.2. The molecule has 2 heterocycles. The van der Waals surface area contributed by atoms with Crippen LogP contribution in [0.1, 0.15) is 12.6 Å². The van der Waals surface area contributed by atoms with Crippen molar-refractivity contribution in [2.75, 3.05) is 16.0 Å². The van der Waals surface area contributed by atoms with E-state index in [4.69, 9.17) is 0 Å². The van der Waals surface area contributed by atoms with E-state index < -0.39 is 0 Å². The molecule has 8 nitrogen and oxygen atoms in total. The Bertz CT molecular complexity index is 895. The molecule has 0 unspecified atom stereocenters. The van der Waals surface area contributed by atoms with Crippen LogP contribution in [0.3, 0.4) is 0 Å². The first-order chi connectivity index (χ1) is 12.6. The third kappa shape index (κ3) is 5.08. The Morgan fingerprint density at radius 2 is 1.69 bits per heavy atom. The topological polar surface area (TPSA) is 109 Å². The number of anilines is 4. The Morgan fingerprint density at radius 1 is 1.04 bits per heavy atom. The quantitative estimate of drug-likeness (QED) is 0.617. The number of hydrogen-bond donors (Lipinski definition) is 3. The first kappa shape index (κ1) is 17.5. The molecule has 0 aliphatic heterocycles. The van der Waals surface area contributed by atoms with Gasteiger partial charge in [0, 0.05) is 36.1 Å². The number of benzene rings is 1. The molecule has 0 fully saturated rings. The molecule has 0 atom stereocenters. The number of carbonyl (C=O) groups is 2. The summed E-state index contributed by atoms with van der Waals surface area (Å²) in [5, 5.41) is 10.9. The second-order valence-electron chi connectivity index (χ2n) is 5.32. The standard InChI is InChI=1S/C17H16N6O2S/c1-11(24)20-12-3-5-13(6-4-12)21-15(25)9-14-10-26-17(22-14)23-16-18-7-2-8-19-16/h2-8,10H,9H2,1H3,(H,20,24)(H,21,25)(H,18,19,22,23). The molecule has 0 saturated heterocycles. The number of carbonyl (C=O) groups excluding carboxylic acids is 2. The number of aromatic nitrogens is 3. The predicted molar refractivity (Wildman–Crippen MR) is 101 cm³/mol. The van der Waals surface area contributed by atoms with Gasteiger partial charge in [-0.3, -0.25) is 9.59 Å². The van der Waals surface area contributed by atoms with E-state index in [9.17, 15) is 9.59 Å². The van der Waals surface area contributed by atoms with Gasteiger partial charge >= 0.3 is 0 Å². The van der Waals surface area contributed by atoms with Crippen molar-refractivity contribution >= 4 is 45.6 Å². The summed E-state index contributed by atoms with van der Waals surface area (Å²) in [5.41, 5.74) is 1.98. The van der Waals surface area contributed by atoms with Crippen LogP contribution in [0.5, 0.6) is 0 Å². The van der Waals surface area contributed by atoms with E-state index in [1.54, 1.807) is 42.7 Å². The number of rotatable bonds is 6. The summed E-state index contributed by atoms with van der Waals surface area (Å²) < 4.78 is 0. The van der Waals surface area contributed by atoms with Gasteiger partial charge in [0.1, 0.15) is 0 Å². The lowest BCUT2D eigenvalue weighted by Crippen LogP contribution is -2.14. The minimum absolute atomic E-state index is 0.143. The zero-order valence-electron chi connectivity index (χ0n) is 13.9. The molecule has 0 aliphatic rings. The molecule has 3 N–H and O–H groups in total. The highest BCUT2D eigenvalue weighted by molar-refractivity contribution is 7.13. The minimum Gasteiger partial charge on any atom is -0.326 e. The van der Waals surface area contributed by atoms with Crippen molar-refractivity contribution in [3.05, 3.63) is 53.8 Å². The molecule has 2 amide bonds. The third-order valence-corrected chi connectivity index (χ3v) is 3.97. The van der Waals surface area contributed by atoms with Gasteiger partial charge in [0.15, 0.2) is 5.13 Å². The third-order valence-electron chi connectivity index (χ3n) is 3.17. The summed E-state index contributed by atoms with van der Waals surface area (Å²) in [6.45, 7) is 1.44. The van der Waals surface area contributed by atoms with E-state index in [2.05, 4.69) is 30.9 Å². The van der Waals surface area contributed by atoms with Crippen molar-refractivity contribution in [3.8, 4) is 0 Å². The van der Waals surface area contributed by atoms with Crippen LogP contribution in [0.2, 0.25) is 0 Å². The average molecular weight is 368 g/mol. The minimum atomic E-state index is -0.176. The number of nitrogens with zero attached hydrogens (tertiary/aromatic N) is 3. The Kier molecular flexibility index (Phi) is 5.49. The van der Waals surface area contributed by atoms with Crippen LogP contribution in [0.4, 0.5) is 22.5 Å². The van der Waals surface area contributed by atoms with Crippen LogP contribution in [-0.4, -0.2) is 26.8 Å². The number of nitrogens with one attached hydrogen (secondary N) is 3. The largest absolute Gasteiger partial charge is 0.326 e. The van der Waals surface area contributed by atoms with Crippen LogP contribution in [0.25, 0.3) is 0 Å². The van der Waals surface area contributed by atoms with Gasteiger partial charge in [0.25, 0.3) is 0 Å². The molecular formula is C17H16N6O2S. The Hall–Kier alpha value is -3.33. The van der Waals surface area contributed by atoms with E-state index in [-0.39, 0.29) is 18.2 Å². The molecule has 132 valence electrons. The second kappa shape index (κ2) is 8.17. The maximum Gasteiger partial charge on any atom is 0.230 e. The van der Waals surface area contributed by atoms with Gasteiger partial charge in [-0.05, 0) is 30.3 Å². The van der Waals surface area contributed by atoms with Crippen LogP contribution in [0, 0.1) is 0 Å². The second-order valence-corrected chi connectivity index (χ2v) is 6.18. The Labute approximate surface area is 153 Å². The average Bonchev–Trinajstić information content (AvgIpc) is 3.04. The number of thiazole rings is 1. The van der Waals surface area contributed by atoms with Crippen molar-refractivity contribution in [1.82, 2.24) is 15.0 Å². The van der Waals surface area contributed by atoms with Crippen LogP contribution < -0.4 is 16.0 Å². The Balaban J connectivity index is 1.54. The number of amides is 2. The van der Waals surface area contributed by atoms with Crippen molar-refractivity contribution in [3.63, 3.8) is 0 Å². The first-order valence-corrected chi connectivity index (χ1v) is 8.62. The normalized spacial score (nSPS) is 10.2. The molecule has 0 radical (unpaired) electrons. The fraction of sp³-hybridized carbons (Fsp3) is 0.118. The van der Waals surface area contributed by atoms with Crippen LogP contribution in [0.15, 0.2) is 48.1 Å². The summed E-state index contributed by atoms with van der Waals surface area (Å²) >= 11 is 1.38. The first-order valence-electron chi connectivity index (χ1n) is 7.74. The van der Waals surface area contributed by atoms with E-state index in [0.717, 1.165) is 0 Å². The lowest BCUT2D eigenvalue weighted by atomic mass is 10.2. The molecule has 2 aromatic heterocycles. The predicted octanol–water partition coefficient (Wildman–Crippen LogP) is 2.82. The molecule has 1 aromatic carbocycles. The van der Waals surface area contributed by atoms with Gasteiger partial charge < -0.3 is 16.0 Å². The van der Waals surface area contributed by atoms with Crippen LogP contribution in [-0.2, 0) is 16.0 Å². The molecule has 0 saturated carbocycles. The smallest absolute Gasteiger partial charge is 0.230 e. The van der Waals surface area contributed by atoms with E-state index >= 15 is 0 Å². The lowest BCUT2D eigenvalue weighted by molar-refractivity contribution is -0.116. The van der Waals surface area contributed by atoms with Crippen molar-refractivity contribution in [2.24, 2.45) is 0 Å². The zero-order valence-corrected chi connectivity index (χ0v) is 14.7. The van der Waals surface area contributed by atoms with Crippen molar-refractivity contribution < 1.29 is 9.59 Å². The van der Waals surface area contributed by atoms with E-state index in [0.29, 0.717) is 28.1 Å². The molecule has 0 spiro atoms. The van der Waals surface area contributed by atoms with Gasteiger partial charge in [0.2, 0.25) is 17.8 Å². The monoisotopic (exact) mass is 368 g/mol. The highest BCUT2D eigenvalue weighted by Crippen LogP contribution is 2.19. The molecule has 26 heavy (non-hydrogen) atoms. The van der Waals surface area contributed by atoms with Crippen molar-refractivity contribution in [2.45, 2.75) is 13.3 Å². The molecule has 0 bridgehead atoms. The molecule has 0 aliphatic carbocycles. The summed E-state index contributed by atoms with van der Waals surface area (Å²) in [4.78, 5) is 35.6. The fourth-order valence-electron chi connectivity index (χ4n) is 2.11. The van der Waals surface area contributed by atoms with Gasteiger partial charge in [-0.25, -0.2) is 15.0 Å². The van der Waals surface area contributed by atoms with Gasteiger partial charge in [-0.2, -0.15) is 0 Å². The summed E-state index contributed by atoms with van der Waals surface area (Å²) in [7, 11) is 0. The Morgan fingerprint density at radius 3 is 2.35 bits per heavy atom. The number of hydrogen-bond acceptors (Lipinski definition) is 7. The summed E-state index contributed by atoms with van der Waals surface area (Å²) in [5.74, 6) is 0.137. The zero-order chi connectivity index (χ0) is 18.4. The van der Waals surface area contributed by atoms with Gasteiger partial charge in [0.05, 0.1) is 12.1 Å². The van der Waals surface area contributed by atoms with Gasteiger partial charge in [-0.15, -0.1) is 11.3 Å².